The Morgan fingerprint density at radius 2 is 1.77 bits per heavy atom. The maximum Gasteiger partial charge on any atom is 0.254 e. The van der Waals surface area contributed by atoms with Gasteiger partial charge in [-0.15, -0.1) is 0 Å². The van der Waals surface area contributed by atoms with Crippen LogP contribution in [-0.2, 0) is 6.42 Å². The van der Waals surface area contributed by atoms with Crippen LogP contribution in [0.3, 0.4) is 0 Å². The predicted octanol–water partition coefficient (Wildman–Crippen LogP) is 4.60. The Kier molecular flexibility index (Phi) is 5.36. The Morgan fingerprint density at radius 1 is 1.00 bits per heavy atom. The van der Waals surface area contributed by atoms with Crippen LogP contribution < -0.4 is 5.32 Å². The Hall–Kier alpha value is -3.47. The second-order valence-corrected chi connectivity index (χ2v) is 7.81. The van der Waals surface area contributed by atoms with Crippen molar-refractivity contribution in [1.82, 2.24) is 19.9 Å². The molecule has 4 rings (SSSR count). The van der Waals surface area contributed by atoms with Crippen molar-refractivity contribution < 1.29 is 4.79 Å². The van der Waals surface area contributed by atoms with Crippen LogP contribution in [-0.4, -0.2) is 27.0 Å². The van der Waals surface area contributed by atoms with E-state index in [0.29, 0.717) is 12.1 Å². The van der Waals surface area contributed by atoms with Gasteiger partial charge in [0.2, 0.25) is 0 Å². The van der Waals surface area contributed by atoms with Gasteiger partial charge < -0.3 is 5.32 Å². The summed E-state index contributed by atoms with van der Waals surface area (Å²) in [4.78, 5) is 17.4. The number of hydrogen-bond donors (Lipinski definition) is 1. The molecule has 0 bridgehead atoms. The number of aromatic nitrogens is 3. The Balaban J connectivity index is 1.57. The highest BCUT2D eigenvalue weighted by atomic mass is 16.1. The van der Waals surface area contributed by atoms with E-state index >= 15 is 0 Å². The topological polar surface area (TPSA) is 59.3 Å². The molecule has 0 aliphatic carbocycles. The van der Waals surface area contributed by atoms with Gasteiger partial charge in [0.15, 0.2) is 5.65 Å². The normalized spacial score (nSPS) is 11.1. The van der Waals surface area contributed by atoms with E-state index in [0.717, 1.165) is 34.6 Å². The van der Waals surface area contributed by atoms with Gasteiger partial charge in [0.1, 0.15) is 0 Å². The zero-order valence-corrected chi connectivity index (χ0v) is 17.9. The molecule has 4 aromatic rings. The lowest BCUT2D eigenvalue weighted by Crippen LogP contribution is -2.27. The highest BCUT2D eigenvalue weighted by molar-refractivity contribution is 5.95. The summed E-state index contributed by atoms with van der Waals surface area (Å²) in [6, 6.07) is 16.7. The van der Waals surface area contributed by atoms with Gasteiger partial charge in [0, 0.05) is 18.3 Å². The van der Waals surface area contributed by atoms with Crippen molar-refractivity contribution in [2.24, 2.45) is 0 Å². The molecule has 0 radical (unpaired) electrons. The molecule has 1 amide bonds. The van der Waals surface area contributed by atoms with Crippen LogP contribution in [0.25, 0.3) is 16.8 Å². The van der Waals surface area contributed by atoms with Crippen LogP contribution in [0.4, 0.5) is 0 Å². The van der Waals surface area contributed by atoms with Crippen LogP contribution in [0.2, 0.25) is 0 Å². The first kappa shape index (κ1) is 19.8. The molecule has 0 saturated carbocycles. The number of hydrogen-bond acceptors (Lipinski definition) is 3. The van der Waals surface area contributed by atoms with E-state index in [1.807, 2.05) is 19.9 Å². The van der Waals surface area contributed by atoms with Crippen molar-refractivity contribution in [3.05, 3.63) is 88.4 Å². The smallest absolute Gasteiger partial charge is 0.254 e. The minimum Gasteiger partial charge on any atom is -0.352 e. The van der Waals surface area contributed by atoms with E-state index in [1.54, 1.807) is 10.7 Å². The average Bonchev–Trinajstić information content (AvgIpc) is 3.06. The van der Waals surface area contributed by atoms with E-state index in [9.17, 15) is 4.79 Å². The van der Waals surface area contributed by atoms with E-state index in [2.05, 4.69) is 71.7 Å². The minimum atomic E-state index is -0.126. The lowest BCUT2D eigenvalue weighted by Gasteiger charge is -2.09. The zero-order valence-electron chi connectivity index (χ0n) is 17.9. The van der Waals surface area contributed by atoms with Crippen molar-refractivity contribution >= 4 is 11.6 Å². The Morgan fingerprint density at radius 3 is 2.50 bits per heavy atom. The molecule has 5 heteroatoms. The van der Waals surface area contributed by atoms with Crippen molar-refractivity contribution in [3.8, 4) is 11.1 Å². The van der Waals surface area contributed by atoms with Gasteiger partial charge in [-0.05, 0) is 45.2 Å². The van der Waals surface area contributed by atoms with Gasteiger partial charge in [-0.3, -0.25) is 4.79 Å². The molecule has 0 spiro atoms. The molecule has 1 N–H and O–H groups in total. The first-order valence-electron chi connectivity index (χ1n) is 10.2. The fourth-order valence-electron chi connectivity index (χ4n) is 3.73. The van der Waals surface area contributed by atoms with Crippen LogP contribution in [0.5, 0.6) is 0 Å². The van der Waals surface area contributed by atoms with Gasteiger partial charge in [0.05, 0.1) is 17.0 Å². The Bertz CT molecular complexity index is 1220. The predicted molar refractivity (Wildman–Crippen MR) is 120 cm³/mol. The number of aryl methyl sites for hydroxylation is 4. The molecule has 2 aromatic heterocycles. The summed E-state index contributed by atoms with van der Waals surface area (Å²) in [6.07, 6.45) is 2.45. The molecular formula is C25H26N4O. The molecular weight excluding hydrogens is 372 g/mol. The lowest BCUT2D eigenvalue weighted by atomic mass is 10.0. The van der Waals surface area contributed by atoms with Gasteiger partial charge in [0.25, 0.3) is 5.91 Å². The third-order valence-corrected chi connectivity index (χ3v) is 5.43. The number of carbonyl (C=O) groups is 1. The largest absolute Gasteiger partial charge is 0.352 e. The van der Waals surface area contributed by atoms with Gasteiger partial charge in [-0.1, -0.05) is 59.7 Å². The molecule has 152 valence electrons. The molecule has 0 fully saturated rings. The van der Waals surface area contributed by atoms with Crippen LogP contribution in [0, 0.1) is 27.7 Å². The lowest BCUT2D eigenvalue weighted by molar-refractivity contribution is 0.0952. The van der Waals surface area contributed by atoms with Crippen LogP contribution in [0.1, 0.15) is 38.4 Å². The maximum atomic E-state index is 12.8. The number of nitrogens with zero attached hydrogens (tertiary/aromatic N) is 3. The number of amides is 1. The molecule has 30 heavy (non-hydrogen) atoms. The number of fused-ring (bicyclic) bond motifs is 1. The quantitative estimate of drug-likeness (QED) is 0.534. The molecule has 2 aromatic carbocycles. The van der Waals surface area contributed by atoms with Crippen molar-refractivity contribution in [2.75, 3.05) is 6.54 Å². The van der Waals surface area contributed by atoms with Gasteiger partial charge in [-0.25, -0.2) is 9.50 Å². The van der Waals surface area contributed by atoms with Crippen molar-refractivity contribution in [1.29, 1.82) is 0 Å². The minimum absolute atomic E-state index is 0.126. The first-order valence-corrected chi connectivity index (χ1v) is 10.2. The molecule has 0 saturated heterocycles. The molecule has 0 aliphatic rings. The summed E-state index contributed by atoms with van der Waals surface area (Å²) in [5.41, 5.74) is 8.72. The second kappa shape index (κ2) is 8.11. The fourth-order valence-corrected chi connectivity index (χ4v) is 3.73. The summed E-state index contributed by atoms with van der Waals surface area (Å²) in [5, 5.41) is 7.68. The molecule has 2 heterocycles. The molecule has 5 nitrogen and oxygen atoms in total. The van der Waals surface area contributed by atoms with E-state index < -0.39 is 0 Å². The second-order valence-electron chi connectivity index (χ2n) is 7.81. The molecule has 0 atom stereocenters. The summed E-state index contributed by atoms with van der Waals surface area (Å²) in [6.45, 7) is 8.61. The monoisotopic (exact) mass is 398 g/mol. The van der Waals surface area contributed by atoms with E-state index in [4.69, 9.17) is 0 Å². The van der Waals surface area contributed by atoms with Crippen LogP contribution in [0.15, 0.2) is 54.7 Å². The van der Waals surface area contributed by atoms with Crippen LogP contribution >= 0.6 is 0 Å². The third kappa shape index (κ3) is 3.83. The van der Waals surface area contributed by atoms with Gasteiger partial charge in [-0.2, -0.15) is 5.10 Å². The fraction of sp³-hybridized carbons (Fsp3) is 0.240. The number of benzene rings is 2. The number of carbonyl (C=O) groups excluding carboxylic acids is 1. The highest BCUT2D eigenvalue weighted by Gasteiger charge is 2.18. The zero-order chi connectivity index (χ0) is 21.3. The molecule has 0 unspecified atom stereocenters. The van der Waals surface area contributed by atoms with Crippen molar-refractivity contribution in [2.45, 2.75) is 34.1 Å². The summed E-state index contributed by atoms with van der Waals surface area (Å²) in [5.74, 6) is -0.126. The molecule has 0 aliphatic heterocycles. The average molecular weight is 399 g/mol. The number of rotatable bonds is 5. The Labute approximate surface area is 176 Å². The first-order chi connectivity index (χ1) is 14.4. The van der Waals surface area contributed by atoms with Gasteiger partial charge >= 0.3 is 0 Å². The van der Waals surface area contributed by atoms with E-state index in [-0.39, 0.29) is 5.91 Å². The summed E-state index contributed by atoms with van der Waals surface area (Å²) >= 11 is 0. The summed E-state index contributed by atoms with van der Waals surface area (Å²) < 4.78 is 1.78. The summed E-state index contributed by atoms with van der Waals surface area (Å²) in [7, 11) is 0. The SMILES string of the molecule is Cc1ccc(CCNC(=O)c2cnc3c(-c4cccc(C)c4)c(C)nn3c2C)cc1. The maximum absolute atomic E-state index is 12.8. The van der Waals surface area contributed by atoms with Crippen molar-refractivity contribution in [3.63, 3.8) is 0 Å². The standard InChI is InChI=1S/C25H26N4O/c1-16-8-10-20(11-9-16)12-13-26-25(30)22-15-27-24-23(18(3)28-29(24)19(22)4)21-7-5-6-17(2)14-21/h5-11,14-15H,12-13H2,1-4H3,(H,26,30). The third-order valence-electron chi connectivity index (χ3n) is 5.43. The number of nitrogens with one attached hydrogen (secondary N) is 1. The highest BCUT2D eigenvalue weighted by Crippen LogP contribution is 2.28. The van der Waals surface area contributed by atoms with E-state index in [1.165, 1.54) is 16.7 Å².